The van der Waals surface area contributed by atoms with Gasteiger partial charge in [-0.25, -0.2) is 14.3 Å². The van der Waals surface area contributed by atoms with Crippen molar-refractivity contribution in [2.45, 2.75) is 18.8 Å². The summed E-state index contributed by atoms with van der Waals surface area (Å²) in [6, 6.07) is 8.32. The lowest BCUT2D eigenvalue weighted by atomic mass is 9.99. The molecule has 10 heteroatoms. The van der Waals surface area contributed by atoms with E-state index in [0.717, 1.165) is 52.1 Å². The van der Waals surface area contributed by atoms with Gasteiger partial charge < -0.3 is 14.9 Å². The van der Waals surface area contributed by atoms with E-state index in [1.54, 1.807) is 10.7 Å². The molecule has 0 radical (unpaired) electrons. The van der Waals surface area contributed by atoms with Crippen molar-refractivity contribution in [3.63, 3.8) is 0 Å². The largest absolute Gasteiger partial charge is 0.465 e. The van der Waals surface area contributed by atoms with Gasteiger partial charge in [0.2, 0.25) is 0 Å². The number of carbonyl (C=O) groups is 1. The first-order chi connectivity index (χ1) is 17.0. The van der Waals surface area contributed by atoms with Crippen LogP contribution in [0.4, 0.5) is 10.6 Å². The molecule has 2 fully saturated rings. The van der Waals surface area contributed by atoms with Crippen molar-refractivity contribution >= 4 is 17.4 Å². The third-order valence-corrected chi connectivity index (χ3v) is 6.80. The molecule has 0 atom stereocenters. The molecule has 1 saturated heterocycles. The van der Waals surface area contributed by atoms with Crippen LogP contribution < -0.4 is 4.90 Å². The number of nitriles is 1. The van der Waals surface area contributed by atoms with Crippen LogP contribution in [0, 0.1) is 11.3 Å². The van der Waals surface area contributed by atoms with Crippen LogP contribution in [0.15, 0.2) is 43.0 Å². The predicted molar refractivity (Wildman–Crippen MR) is 129 cm³/mol. The van der Waals surface area contributed by atoms with E-state index in [1.165, 1.54) is 4.90 Å². The highest BCUT2D eigenvalue weighted by Crippen LogP contribution is 2.44. The van der Waals surface area contributed by atoms with Gasteiger partial charge in [-0.2, -0.15) is 15.5 Å². The van der Waals surface area contributed by atoms with Gasteiger partial charge in [-0.1, -0.05) is 0 Å². The average Bonchev–Trinajstić information content (AvgIpc) is 3.52. The Morgan fingerprint density at radius 3 is 2.54 bits per heavy atom. The molecule has 4 aromatic rings. The topological polar surface area (TPSA) is 116 Å². The highest BCUT2D eigenvalue weighted by molar-refractivity contribution is 5.88. The third-order valence-electron chi connectivity index (χ3n) is 6.80. The normalized spacial score (nSPS) is 16.0. The second kappa shape index (κ2) is 8.13. The van der Waals surface area contributed by atoms with Crippen molar-refractivity contribution in [1.82, 2.24) is 29.3 Å². The molecule has 0 spiro atoms. The van der Waals surface area contributed by atoms with E-state index in [4.69, 9.17) is 5.10 Å². The number of fused-ring (bicyclic) bond motifs is 1. The fourth-order valence-corrected chi connectivity index (χ4v) is 4.82. The van der Waals surface area contributed by atoms with Crippen LogP contribution >= 0.6 is 0 Å². The summed E-state index contributed by atoms with van der Waals surface area (Å²) in [7, 11) is 1.94. The first-order valence-electron chi connectivity index (χ1n) is 11.7. The summed E-state index contributed by atoms with van der Waals surface area (Å²) in [5.41, 5.74) is 6.23. The maximum Gasteiger partial charge on any atom is 0.407 e. The number of amides is 1. The summed E-state index contributed by atoms with van der Waals surface area (Å²) in [6.45, 7) is 2.11. The van der Waals surface area contributed by atoms with Gasteiger partial charge in [0.15, 0.2) is 0 Å². The zero-order chi connectivity index (χ0) is 24.1. The monoisotopic (exact) mass is 468 g/mol. The van der Waals surface area contributed by atoms with E-state index in [-0.39, 0.29) is 0 Å². The van der Waals surface area contributed by atoms with Gasteiger partial charge in [0.05, 0.1) is 23.0 Å². The lowest BCUT2D eigenvalue weighted by Gasteiger charge is -2.33. The second-order valence-corrected chi connectivity index (χ2v) is 9.14. The highest BCUT2D eigenvalue weighted by atomic mass is 16.4. The summed E-state index contributed by atoms with van der Waals surface area (Å²) in [5.74, 6) is 1.31. The summed E-state index contributed by atoms with van der Waals surface area (Å²) in [4.78, 5) is 19.4. The van der Waals surface area contributed by atoms with Crippen LogP contribution in [-0.2, 0) is 7.05 Å². The first-order valence-corrected chi connectivity index (χ1v) is 11.7. The van der Waals surface area contributed by atoms with Crippen molar-refractivity contribution in [2.75, 3.05) is 31.1 Å². The molecule has 6 rings (SSSR count). The molecule has 10 nitrogen and oxygen atoms in total. The second-order valence-electron chi connectivity index (χ2n) is 9.14. The van der Waals surface area contributed by atoms with Crippen LogP contribution in [-0.4, -0.2) is 66.7 Å². The Bertz CT molecular complexity index is 1470. The zero-order valence-electron chi connectivity index (χ0n) is 19.3. The average molecular weight is 469 g/mol. The van der Waals surface area contributed by atoms with E-state index in [2.05, 4.69) is 27.1 Å². The highest BCUT2D eigenvalue weighted by Gasteiger charge is 2.30. The van der Waals surface area contributed by atoms with E-state index in [9.17, 15) is 15.2 Å². The summed E-state index contributed by atoms with van der Waals surface area (Å²) < 4.78 is 3.63. The first kappa shape index (κ1) is 21.2. The molecule has 1 N–H and O–H groups in total. The lowest BCUT2D eigenvalue weighted by molar-refractivity contribution is 0.142. The van der Waals surface area contributed by atoms with Gasteiger partial charge in [-0.15, -0.1) is 0 Å². The molecular formula is C25H24N8O2. The molecule has 1 saturated carbocycles. The minimum absolute atomic E-state index is 0.456. The molecule has 4 aromatic heterocycles. The minimum atomic E-state index is -0.885. The van der Waals surface area contributed by atoms with Crippen LogP contribution in [0.5, 0.6) is 0 Å². The number of aryl methyl sites for hydroxylation is 1. The molecule has 0 bridgehead atoms. The number of hydrogen-bond donors (Lipinski definition) is 1. The number of nitrogens with zero attached hydrogens (tertiary/aromatic N) is 8. The molecule has 1 aliphatic heterocycles. The third kappa shape index (κ3) is 3.75. The fraction of sp³-hybridized carbons (Fsp3) is 0.320. The quantitative estimate of drug-likeness (QED) is 0.488. The summed E-state index contributed by atoms with van der Waals surface area (Å²) >= 11 is 0. The Balaban J connectivity index is 1.39. The van der Waals surface area contributed by atoms with Gasteiger partial charge in [0, 0.05) is 80.0 Å². The zero-order valence-corrected chi connectivity index (χ0v) is 19.3. The molecule has 35 heavy (non-hydrogen) atoms. The maximum absolute atomic E-state index is 11.2. The molecule has 1 amide bonds. The molecule has 0 aromatic carbocycles. The van der Waals surface area contributed by atoms with Crippen LogP contribution in [0.25, 0.3) is 27.8 Å². The minimum Gasteiger partial charge on any atom is -0.465 e. The molecule has 5 heterocycles. The van der Waals surface area contributed by atoms with Gasteiger partial charge >= 0.3 is 6.09 Å². The van der Waals surface area contributed by atoms with E-state index in [1.807, 2.05) is 42.5 Å². The van der Waals surface area contributed by atoms with Crippen molar-refractivity contribution in [3.05, 3.63) is 54.2 Å². The predicted octanol–water partition coefficient (Wildman–Crippen LogP) is 3.35. The number of hydrogen-bond acceptors (Lipinski definition) is 6. The molecule has 1 aliphatic carbocycles. The van der Waals surface area contributed by atoms with Gasteiger partial charge in [-0.05, 0) is 31.0 Å². The number of aromatic nitrogens is 5. The molecule has 2 aliphatic rings. The standard InChI is InChI=1S/C25H24N8O2/c1-30-15-21(23(29-30)16-2-3-16)18-10-20(24-19(11-26)13-28-33(24)14-18)17-4-5-22(27-12-17)31-6-8-32(9-7-31)25(34)35/h4-5,10,12-16H,2-3,6-9H2,1H3,(H,34,35). The SMILES string of the molecule is Cn1cc(-c2cc(-c3ccc(N4CCN(C(=O)O)CC4)nc3)c3c(C#N)cnn3c2)c(C2CC2)n1. The Labute approximate surface area is 201 Å². The fourth-order valence-electron chi connectivity index (χ4n) is 4.82. The van der Waals surface area contributed by atoms with Crippen molar-refractivity contribution in [2.24, 2.45) is 7.05 Å². The number of rotatable bonds is 4. The van der Waals surface area contributed by atoms with Crippen LogP contribution in [0.3, 0.4) is 0 Å². The lowest BCUT2D eigenvalue weighted by Crippen LogP contribution is -2.48. The smallest absolute Gasteiger partial charge is 0.407 e. The Morgan fingerprint density at radius 1 is 1.09 bits per heavy atom. The van der Waals surface area contributed by atoms with E-state index in [0.29, 0.717) is 37.7 Å². The Hall–Kier alpha value is -4.39. The van der Waals surface area contributed by atoms with Crippen molar-refractivity contribution < 1.29 is 9.90 Å². The molecule has 0 unspecified atom stereocenters. The van der Waals surface area contributed by atoms with Gasteiger partial charge in [0.1, 0.15) is 11.9 Å². The van der Waals surface area contributed by atoms with Crippen molar-refractivity contribution in [3.8, 4) is 28.3 Å². The summed E-state index contributed by atoms with van der Waals surface area (Å²) in [5, 5.41) is 28.0. The van der Waals surface area contributed by atoms with Crippen molar-refractivity contribution in [1.29, 1.82) is 5.26 Å². The maximum atomic E-state index is 11.2. The van der Waals surface area contributed by atoms with Crippen LogP contribution in [0.2, 0.25) is 0 Å². The molecular weight excluding hydrogens is 444 g/mol. The summed E-state index contributed by atoms with van der Waals surface area (Å²) in [6.07, 6.45) is 8.85. The van der Waals surface area contributed by atoms with Gasteiger partial charge in [0.25, 0.3) is 0 Å². The molecule has 176 valence electrons. The number of carboxylic acid groups (broad SMARTS) is 1. The number of anilines is 1. The van der Waals surface area contributed by atoms with Crippen LogP contribution in [0.1, 0.15) is 30.0 Å². The number of pyridine rings is 2. The Morgan fingerprint density at radius 2 is 1.89 bits per heavy atom. The van der Waals surface area contributed by atoms with Gasteiger partial charge in [-0.3, -0.25) is 4.68 Å². The Kier molecular flexibility index (Phi) is 4.91. The number of piperazine rings is 1. The van der Waals surface area contributed by atoms with E-state index < -0.39 is 6.09 Å². The van der Waals surface area contributed by atoms with E-state index >= 15 is 0 Å².